The van der Waals surface area contributed by atoms with Gasteiger partial charge in [0.15, 0.2) is 0 Å². The second-order valence-electron chi connectivity index (χ2n) is 3.50. The van der Waals surface area contributed by atoms with E-state index >= 15 is 0 Å². The van der Waals surface area contributed by atoms with Gasteiger partial charge in [0.05, 0.1) is 5.56 Å². The lowest BCUT2D eigenvalue weighted by molar-refractivity contribution is 0.415. The Hall–Kier alpha value is -1.69. The van der Waals surface area contributed by atoms with Crippen LogP contribution in [-0.4, -0.2) is 24.7 Å². The molecule has 0 fully saturated rings. The summed E-state index contributed by atoms with van der Waals surface area (Å²) in [6.45, 7) is 2.05. The van der Waals surface area contributed by atoms with Crippen LogP contribution in [0.15, 0.2) is 12.7 Å². The molecule has 6 nitrogen and oxygen atoms in total. The summed E-state index contributed by atoms with van der Waals surface area (Å²) in [5, 5.41) is 4.43. The lowest BCUT2D eigenvalue weighted by Gasteiger charge is -2.07. The van der Waals surface area contributed by atoms with Gasteiger partial charge in [-0.05, 0) is 6.42 Å². The Morgan fingerprint density at radius 3 is 2.82 bits per heavy atom. The first kappa shape index (κ1) is 11.8. The molecule has 90 valence electrons. The molecular weight excluding hydrogens is 242 g/mol. The highest BCUT2D eigenvalue weighted by molar-refractivity contribution is 6.30. The molecule has 2 rings (SSSR count). The van der Waals surface area contributed by atoms with Gasteiger partial charge in [0.25, 0.3) is 0 Å². The average Bonchev–Trinajstić information content (AvgIpc) is 2.69. The van der Waals surface area contributed by atoms with Crippen molar-refractivity contribution < 1.29 is 4.74 Å². The molecule has 0 atom stereocenters. The van der Waals surface area contributed by atoms with Crippen molar-refractivity contribution in [1.29, 1.82) is 0 Å². The fourth-order valence-corrected chi connectivity index (χ4v) is 1.60. The van der Waals surface area contributed by atoms with Gasteiger partial charge < -0.3 is 4.74 Å². The molecule has 2 heterocycles. The molecule has 0 spiro atoms. The van der Waals surface area contributed by atoms with Crippen molar-refractivity contribution in [2.24, 2.45) is 7.05 Å². The van der Waals surface area contributed by atoms with Crippen LogP contribution in [0.5, 0.6) is 11.9 Å². The molecule has 0 aliphatic rings. The number of hydrogen-bond donors (Lipinski definition) is 0. The van der Waals surface area contributed by atoms with Crippen LogP contribution in [-0.2, 0) is 13.5 Å². The monoisotopic (exact) mass is 253 g/mol. The first-order chi connectivity index (χ1) is 8.20. The smallest absolute Gasteiger partial charge is 0.342 e. The van der Waals surface area contributed by atoms with Crippen molar-refractivity contribution in [3.8, 4) is 11.9 Å². The first-order valence-electron chi connectivity index (χ1n) is 5.23. The number of ether oxygens (including phenoxy) is 1. The van der Waals surface area contributed by atoms with Crippen LogP contribution in [0, 0.1) is 0 Å². The average molecular weight is 254 g/mol. The molecule has 0 N–H and O–H groups in total. The van der Waals surface area contributed by atoms with Gasteiger partial charge in [-0.2, -0.15) is 4.98 Å². The molecule has 0 aromatic carbocycles. The Labute approximate surface area is 104 Å². The maximum atomic E-state index is 6.00. The quantitative estimate of drug-likeness (QED) is 0.780. The molecular formula is C10H12ClN5O. The summed E-state index contributed by atoms with van der Waals surface area (Å²) in [5.41, 5.74) is 0.782. The molecule has 7 heteroatoms. The number of hydrogen-bond acceptors (Lipinski definition) is 5. The molecule has 0 saturated heterocycles. The lowest BCUT2D eigenvalue weighted by atomic mass is 10.2. The second-order valence-corrected chi connectivity index (χ2v) is 3.86. The lowest BCUT2D eigenvalue weighted by Crippen LogP contribution is -1.99. The van der Waals surface area contributed by atoms with E-state index < -0.39 is 0 Å². The Kier molecular flexibility index (Phi) is 3.53. The van der Waals surface area contributed by atoms with Crippen molar-refractivity contribution in [3.63, 3.8) is 0 Å². The van der Waals surface area contributed by atoms with Gasteiger partial charge in [0.1, 0.15) is 17.8 Å². The second kappa shape index (κ2) is 5.09. The SMILES string of the molecule is CCCc1c(Cl)ncnc1Oc1ncn(C)n1. The summed E-state index contributed by atoms with van der Waals surface area (Å²) in [5.74, 6) is 0.415. The molecule has 0 amide bonds. The van der Waals surface area contributed by atoms with Crippen molar-refractivity contribution >= 4 is 11.6 Å². The van der Waals surface area contributed by atoms with Crippen LogP contribution < -0.4 is 4.74 Å². The van der Waals surface area contributed by atoms with Gasteiger partial charge >= 0.3 is 6.01 Å². The van der Waals surface area contributed by atoms with E-state index in [1.54, 1.807) is 18.1 Å². The number of halogens is 1. The summed E-state index contributed by atoms with van der Waals surface area (Å²) in [4.78, 5) is 12.0. The predicted molar refractivity (Wildman–Crippen MR) is 62.1 cm³/mol. The van der Waals surface area contributed by atoms with E-state index in [0.717, 1.165) is 18.4 Å². The normalized spacial score (nSPS) is 10.5. The van der Waals surface area contributed by atoms with Crippen molar-refractivity contribution in [1.82, 2.24) is 24.7 Å². The first-order valence-corrected chi connectivity index (χ1v) is 5.61. The van der Waals surface area contributed by atoms with Crippen LogP contribution in [0.3, 0.4) is 0 Å². The van der Waals surface area contributed by atoms with Crippen LogP contribution in [0.1, 0.15) is 18.9 Å². The van der Waals surface area contributed by atoms with Crippen LogP contribution in [0.2, 0.25) is 5.15 Å². The summed E-state index contributed by atoms with van der Waals surface area (Å²) in [6.07, 6.45) is 4.60. The highest BCUT2D eigenvalue weighted by Gasteiger charge is 2.12. The number of aryl methyl sites for hydroxylation is 1. The van der Waals surface area contributed by atoms with Gasteiger partial charge in [-0.15, -0.1) is 5.10 Å². The van der Waals surface area contributed by atoms with Crippen molar-refractivity contribution in [2.45, 2.75) is 19.8 Å². The minimum atomic E-state index is 0.250. The Bertz CT molecular complexity index is 513. The predicted octanol–water partition coefficient (Wildman–Crippen LogP) is 2.00. The third-order valence-electron chi connectivity index (χ3n) is 2.12. The topological polar surface area (TPSA) is 65.7 Å². The standard InChI is InChI=1S/C10H12ClN5O/c1-3-4-7-8(11)12-5-13-9(7)17-10-14-6-16(2)15-10/h5-6H,3-4H2,1-2H3. The third kappa shape index (κ3) is 2.71. The zero-order valence-electron chi connectivity index (χ0n) is 9.59. The van der Waals surface area contributed by atoms with E-state index in [4.69, 9.17) is 16.3 Å². The Balaban J connectivity index is 2.28. The Morgan fingerprint density at radius 1 is 1.35 bits per heavy atom. The zero-order valence-corrected chi connectivity index (χ0v) is 10.3. The van der Waals surface area contributed by atoms with Crippen molar-refractivity contribution in [2.75, 3.05) is 0 Å². The van der Waals surface area contributed by atoms with Crippen LogP contribution in [0.4, 0.5) is 0 Å². The van der Waals surface area contributed by atoms with Crippen molar-refractivity contribution in [3.05, 3.63) is 23.4 Å². The molecule has 17 heavy (non-hydrogen) atoms. The molecule has 0 aliphatic carbocycles. The third-order valence-corrected chi connectivity index (χ3v) is 2.45. The molecule has 0 bridgehead atoms. The highest BCUT2D eigenvalue weighted by Crippen LogP contribution is 2.25. The van der Waals surface area contributed by atoms with Crippen LogP contribution in [0.25, 0.3) is 0 Å². The van der Waals surface area contributed by atoms with Gasteiger partial charge in [-0.1, -0.05) is 24.9 Å². The zero-order chi connectivity index (χ0) is 12.3. The summed E-state index contributed by atoms with van der Waals surface area (Å²) >= 11 is 6.00. The van der Waals surface area contributed by atoms with Gasteiger partial charge in [-0.25, -0.2) is 9.97 Å². The molecule has 0 saturated carbocycles. The minimum absolute atomic E-state index is 0.250. The van der Waals surface area contributed by atoms with E-state index in [2.05, 4.69) is 20.1 Å². The molecule has 0 radical (unpaired) electrons. The maximum absolute atomic E-state index is 6.00. The summed E-state index contributed by atoms with van der Waals surface area (Å²) < 4.78 is 7.04. The van der Waals surface area contributed by atoms with E-state index in [0.29, 0.717) is 11.0 Å². The number of nitrogens with zero attached hydrogens (tertiary/aromatic N) is 5. The number of rotatable bonds is 4. The minimum Gasteiger partial charge on any atom is -0.404 e. The summed E-state index contributed by atoms with van der Waals surface area (Å²) in [6, 6.07) is 0.250. The van der Waals surface area contributed by atoms with Gasteiger partial charge in [-0.3, -0.25) is 4.68 Å². The van der Waals surface area contributed by atoms with Crippen LogP contribution >= 0.6 is 11.6 Å². The van der Waals surface area contributed by atoms with E-state index in [9.17, 15) is 0 Å². The van der Waals surface area contributed by atoms with E-state index in [-0.39, 0.29) is 6.01 Å². The largest absolute Gasteiger partial charge is 0.404 e. The fraction of sp³-hybridized carbons (Fsp3) is 0.400. The molecule has 0 unspecified atom stereocenters. The number of aromatic nitrogens is 5. The molecule has 2 aromatic heterocycles. The molecule has 2 aromatic rings. The van der Waals surface area contributed by atoms with E-state index in [1.807, 2.05) is 6.92 Å². The molecule has 0 aliphatic heterocycles. The summed E-state index contributed by atoms with van der Waals surface area (Å²) in [7, 11) is 1.76. The highest BCUT2D eigenvalue weighted by atomic mass is 35.5. The van der Waals surface area contributed by atoms with E-state index in [1.165, 1.54) is 6.33 Å². The Morgan fingerprint density at radius 2 is 2.18 bits per heavy atom. The fourth-order valence-electron chi connectivity index (χ4n) is 1.38. The van der Waals surface area contributed by atoms with Gasteiger partial charge in [0, 0.05) is 7.05 Å². The van der Waals surface area contributed by atoms with Gasteiger partial charge in [0.2, 0.25) is 5.88 Å². The maximum Gasteiger partial charge on any atom is 0.342 e.